The molecule has 1 aromatic rings. The molecular weight excluding hydrogens is 352 g/mol. The maximum absolute atomic E-state index is 6.05. The average molecular weight is 389 g/mol. The van der Waals surface area contributed by atoms with E-state index in [-0.39, 0.29) is 6.10 Å². The van der Waals surface area contributed by atoms with Gasteiger partial charge in [-0.1, -0.05) is 24.3 Å². The minimum atomic E-state index is 0.102. The second-order valence-electron chi connectivity index (χ2n) is 8.01. The fourth-order valence-corrected chi connectivity index (χ4v) is 4.28. The molecule has 156 valence electrons. The number of morpholine rings is 2. The molecule has 2 aliphatic rings. The van der Waals surface area contributed by atoms with E-state index in [1.54, 1.807) is 0 Å². The maximum Gasteiger partial charge on any atom is 0.193 e. The zero-order valence-electron chi connectivity index (χ0n) is 17.9. The van der Waals surface area contributed by atoms with Crippen molar-refractivity contribution in [2.45, 2.75) is 45.5 Å². The predicted octanol–water partition coefficient (Wildman–Crippen LogP) is 2.44. The van der Waals surface area contributed by atoms with Crippen LogP contribution in [0.25, 0.3) is 0 Å². The summed E-state index contributed by atoms with van der Waals surface area (Å²) in [6, 6.07) is 8.49. The normalized spacial score (nSPS) is 27.1. The molecule has 1 aromatic carbocycles. The SMILES string of the molecule is CN=C(NCCCN1CC(C)OC(C)C1)N1CCOC(c2ccccc2C)C1. The van der Waals surface area contributed by atoms with Gasteiger partial charge in [-0.25, -0.2) is 0 Å². The number of benzene rings is 1. The van der Waals surface area contributed by atoms with Gasteiger partial charge in [-0.05, 0) is 38.3 Å². The van der Waals surface area contributed by atoms with E-state index in [9.17, 15) is 0 Å². The lowest BCUT2D eigenvalue weighted by Crippen LogP contribution is -2.49. The van der Waals surface area contributed by atoms with Gasteiger partial charge in [0.15, 0.2) is 5.96 Å². The molecule has 0 saturated carbocycles. The molecule has 28 heavy (non-hydrogen) atoms. The molecule has 6 heteroatoms. The molecule has 3 atom stereocenters. The Kier molecular flexibility index (Phi) is 7.71. The van der Waals surface area contributed by atoms with Crippen molar-refractivity contribution in [2.24, 2.45) is 4.99 Å². The minimum Gasteiger partial charge on any atom is -0.373 e. The molecule has 2 fully saturated rings. The van der Waals surface area contributed by atoms with Crippen LogP contribution in [-0.4, -0.2) is 80.9 Å². The summed E-state index contributed by atoms with van der Waals surface area (Å²) in [7, 11) is 1.87. The van der Waals surface area contributed by atoms with E-state index in [0.29, 0.717) is 12.2 Å². The Hall–Kier alpha value is -1.63. The number of hydrogen-bond donors (Lipinski definition) is 1. The summed E-state index contributed by atoms with van der Waals surface area (Å²) in [4.78, 5) is 9.34. The molecule has 2 saturated heterocycles. The van der Waals surface area contributed by atoms with Crippen molar-refractivity contribution in [3.8, 4) is 0 Å². The van der Waals surface area contributed by atoms with E-state index in [2.05, 4.69) is 65.1 Å². The first-order valence-electron chi connectivity index (χ1n) is 10.6. The molecule has 3 unspecified atom stereocenters. The Bertz CT molecular complexity index is 641. The van der Waals surface area contributed by atoms with Crippen molar-refractivity contribution < 1.29 is 9.47 Å². The molecule has 3 rings (SSSR count). The quantitative estimate of drug-likeness (QED) is 0.477. The van der Waals surface area contributed by atoms with Gasteiger partial charge in [-0.2, -0.15) is 0 Å². The minimum absolute atomic E-state index is 0.102. The smallest absolute Gasteiger partial charge is 0.193 e. The van der Waals surface area contributed by atoms with E-state index < -0.39 is 0 Å². The van der Waals surface area contributed by atoms with Gasteiger partial charge < -0.3 is 19.7 Å². The molecule has 0 radical (unpaired) electrons. The standard InChI is InChI=1S/C22H36N4O2/c1-17-8-5-6-9-20(17)21-16-26(12-13-27-21)22(23-4)24-10-7-11-25-14-18(2)28-19(3)15-25/h5-6,8-9,18-19,21H,7,10-16H2,1-4H3,(H,23,24). The molecule has 1 N–H and O–H groups in total. The molecule has 0 amide bonds. The first-order chi connectivity index (χ1) is 13.6. The summed E-state index contributed by atoms with van der Waals surface area (Å²) in [5.41, 5.74) is 2.56. The number of ether oxygens (including phenoxy) is 2. The van der Waals surface area contributed by atoms with Crippen molar-refractivity contribution in [1.29, 1.82) is 0 Å². The van der Waals surface area contributed by atoms with Gasteiger partial charge in [0, 0.05) is 39.8 Å². The number of rotatable bonds is 5. The molecule has 2 aliphatic heterocycles. The third kappa shape index (κ3) is 5.69. The van der Waals surface area contributed by atoms with Gasteiger partial charge in [-0.3, -0.25) is 9.89 Å². The number of aryl methyl sites for hydroxylation is 1. The van der Waals surface area contributed by atoms with Gasteiger partial charge in [-0.15, -0.1) is 0 Å². The fourth-order valence-electron chi connectivity index (χ4n) is 4.28. The first kappa shape index (κ1) is 21.1. The molecule has 0 aliphatic carbocycles. The van der Waals surface area contributed by atoms with Gasteiger partial charge >= 0.3 is 0 Å². The van der Waals surface area contributed by atoms with E-state index in [4.69, 9.17) is 9.47 Å². The Labute approximate surface area is 169 Å². The molecule has 6 nitrogen and oxygen atoms in total. The topological polar surface area (TPSA) is 49.3 Å². The van der Waals surface area contributed by atoms with Crippen molar-refractivity contribution in [3.05, 3.63) is 35.4 Å². The molecule has 0 aromatic heterocycles. The highest BCUT2D eigenvalue weighted by molar-refractivity contribution is 5.80. The summed E-state index contributed by atoms with van der Waals surface area (Å²) < 4.78 is 11.9. The van der Waals surface area contributed by atoms with Crippen LogP contribution in [0.5, 0.6) is 0 Å². The fraction of sp³-hybridized carbons (Fsp3) is 0.682. The molecule has 2 heterocycles. The average Bonchev–Trinajstić information content (AvgIpc) is 2.68. The van der Waals surface area contributed by atoms with Gasteiger partial charge in [0.1, 0.15) is 6.10 Å². The highest BCUT2D eigenvalue weighted by Crippen LogP contribution is 2.24. The highest BCUT2D eigenvalue weighted by atomic mass is 16.5. The van der Waals surface area contributed by atoms with Crippen LogP contribution >= 0.6 is 0 Å². The summed E-state index contributed by atoms with van der Waals surface area (Å²) in [6.07, 6.45) is 1.86. The lowest BCUT2D eigenvalue weighted by molar-refractivity contribution is -0.0679. The number of guanidine groups is 1. The first-order valence-corrected chi connectivity index (χ1v) is 10.6. The van der Waals surface area contributed by atoms with Gasteiger partial charge in [0.25, 0.3) is 0 Å². The van der Waals surface area contributed by atoms with Gasteiger partial charge in [0.2, 0.25) is 0 Å². The summed E-state index contributed by atoms with van der Waals surface area (Å²) in [6.45, 7) is 13.0. The number of nitrogens with one attached hydrogen (secondary N) is 1. The Morgan fingerprint density at radius 2 is 1.93 bits per heavy atom. The van der Waals surface area contributed by atoms with E-state index >= 15 is 0 Å². The lowest BCUT2D eigenvalue weighted by Gasteiger charge is -2.36. The second-order valence-corrected chi connectivity index (χ2v) is 8.01. The summed E-state index contributed by atoms with van der Waals surface area (Å²) >= 11 is 0. The molecule has 0 spiro atoms. The third-order valence-electron chi connectivity index (χ3n) is 5.54. The van der Waals surface area contributed by atoms with Crippen molar-refractivity contribution in [2.75, 3.05) is 52.9 Å². The van der Waals surface area contributed by atoms with E-state index in [1.165, 1.54) is 11.1 Å². The van der Waals surface area contributed by atoms with Gasteiger partial charge in [0.05, 0.1) is 25.4 Å². The van der Waals surface area contributed by atoms with Crippen molar-refractivity contribution in [1.82, 2.24) is 15.1 Å². The summed E-state index contributed by atoms with van der Waals surface area (Å²) in [5, 5.41) is 3.55. The van der Waals surface area contributed by atoms with Crippen LogP contribution in [0.4, 0.5) is 0 Å². The monoisotopic (exact) mass is 388 g/mol. The summed E-state index contributed by atoms with van der Waals surface area (Å²) in [5.74, 6) is 0.977. The Morgan fingerprint density at radius 1 is 1.18 bits per heavy atom. The van der Waals surface area contributed by atoms with Crippen LogP contribution in [0, 0.1) is 6.92 Å². The third-order valence-corrected chi connectivity index (χ3v) is 5.54. The Balaban J connectivity index is 1.46. The largest absolute Gasteiger partial charge is 0.373 e. The van der Waals surface area contributed by atoms with Crippen LogP contribution in [0.1, 0.15) is 37.5 Å². The van der Waals surface area contributed by atoms with Crippen LogP contribution in [0.3, 0.4) is 0 Å². The van der Waals surface area contributed by atoms with Crippen LogP contribution < -0.4 is 5.32 Å². The van der Waals surface area contributed by atoms with Crippen molar-refractivity contribution >= 4 is 5.96 Å². The molecular formula is C22H36N4O2. The highest BCUT2D eigenvalue weighted by Gasteiger charge is 2.25. The van der Waals surface area contributed by atoms with Crippen LogP contribution in [0.2, 0.25) is 0 Å². The zero-order chi connectivity index (χ0) is 19.9. The lowest BCUT2D eigenvalue weighted by atomic mass is 10.0. The molecule has 0 bridgehead atoms. The van der Waals surface area contributed by atoms with E-state index in [1.807, 2.05) is 7.05 Å². The van der Waals surface area contributed by atoms with E-state index in [0.717, 1.165) is 58.3 Å². The Morgan fingerprint density at radius 3 is 2.64 bits per heavy atom. The number of hydrogen-bond acceptors (Lipinski definition) is 4. The van der Waals surface area contributed by atoms with Crippen LogP contribution in [-0.2, 0) is 9.47 Å². The maximum atomic E-state index is 6.05. The number of aliphatic imine (C=N–C) groups is 1. The van der Waals surface area contributed by atoms with Crippen LogP contribution in [0.15, 0.2) is 29.3 Å². The predicted molar refractivity (Wildman–Crippen MR) is 114 cm³/mol. The van der Waals surface area contributed by atoms with Crippen molar-refractivity contribution in [3.63, 3.8) is 0 Å². The second kappa shape index (κ2) is 10.2. The number of nitrogens with zero attached hydrogens (tertiary/aromatic N) is 3. The zero-order valence-corrected chi connectivity index (χ0v) is 17.9.